The van der Waals surface area contributed by atoms with Gasteiger partial charge in [-0.3, -0.25) is 4.79 Å². The molecule has 3 N–H and O–H groups in total. The third-order valence-corrected chi connectivity index (χ3v) is 2.43. The van der Waals surface area contributed by atoms with Gasteiger partial charge in [0.1, 0.15) is 0 Å². The van der Waals surface area contributed by atoms with Crippen LogP contribution in [-0.2, 0) is 4.79 Å². The van der Waals surface area contributed by atoms with E-state index in [1.54, 1.807) is 30.3 Å². The van der Waals surface area contributed by atoms with Crippen LogP contribution in [0, 0.1) is 0 Å². The van der Waals surface area contributed by atoms with E-state index in [-0.39, 0.29) is 0 Å². The highest BCUT2D eigenvalue weighted by molar-refractivity contribution is 5.94. The second-order valence-corrected chi connectivity index (χ2v) is 4.04. The van der Waals surface area contributed by atoms with E-state index in [9.17, 15) is 18.0 Å². The number of alkyl halides is 3. The van der Waals surface area contributed by atoms with Gasteiger partial charge in [-0.15, -0.1) is 0 Å². The van der Waals surface area contributed by atoms with Gasteiger partial charge in [-0.05, 0) is 19.1 Å². The number of benzene rings is 1. The molecule has 106 valence electrons. The minimum absolute atomic E-state index is 0.472. The molecular formula is C12H15F3N2O2. The molecule has 0 radical (unpaired) electrons. The third-order valence-electron chi connectivity index (χ3n) is 2.43. The van der Waals surface area contributed by atoms with Gasteiger partial charge in [-0.25, -0.2) is 0 Å². The van der Waals surface area contributed by atoms with E-state index in [0.717, 1.165) is 0 Å². The van der Waals surface area contributed by atoms with E-state index < -0.39 is 30.8 Å². The second-order valence-electron chi connectivity index (χ2n) is 4.04. The number of aliphatic hydroxyl groups excluding tert-OH is 1. The number of aliphatic hydroxyl groups is 1. The van der Waals surface area contributed by atoms with Gasteiger partial charge in [-0.2, -0.15) is 13.2 Å². The predicted octanol–water partition coefficient (Wildman–Crippen LogP) is 1.53. The lowest BCUT2D eigenvalue weighted by molar-refractivity contribution is -0.202. The molecule has 0 aromatic heterocycles. The minimum Gasteiger partial charge on any atom is -0.382 e. The Morgan fingerprint density at radius 1 is 1.32 bits per heavy atom. The fraction of sp³-hybridized carbons (Fsp3) is 0.417. The van der Waals surface area contributed by atoms with E-state index in [4.69, 9.17) is 5.11 Å². The summed E-state index contributed by atoms with van der Waals surface area (Å²) in [5, 5.41) is 13.7. The van der Waals surface area contributed by atoms with Crippen LogP contribution in [0.1, 0.15) is 6.92 Å². The van der Waals surface area contributed by atoms with Crippen LogP contribution in [0.15, 0.2) is 30.3 Å². The molecule has 4 nitrogen and oxygen atoms in total. The van der Waals surface area contributed by atoms with E-state index in [2.05, 4.69) is 10.6 Å². The average Bonchev–Trinajstić information content (AvgIpc) is 2.35. The number of nitrogens with one attached hydrogen (secondary N) is 2. The Kier molecular flexibility index (Phi) is 5.31. The molecule has 0 aliphatic carbocycles. The number of carbonyl (C=O) groups excluding carboxylic acids is 1. The van der Waals surface area contributed by atoms with Crippen molar-refractivity contribution in [2.24, 2.45) is 0 Å². The maximum atomic E-state index is 12.1. The first-order valence-electron chi connectivity index (χ1n) is 5.65. The summed E-state index contributed by atoms with van der Waals surface area (Å²) >= 11 is 0. The summed E-state index contributed by atoms with van der Waals surface area (Å²) in [6.07, 6.45) is -7.18. The monoisotopic (exact) mass is 276 g/mol. The number of rotatable bonds is 5. The van der Waals surface area contributed by atoms with Crippen molar-refractivity contribution in [2.45, 2.75) is 25.2 Å². The number of hydrogen-bond acceptors (Lipinski definition) is 3. The smallest absolute Gasteiger partial charge is 0.382 e. The van der Waals surface area contributed by atoms with Crippen molar-refractivity contribution < 1.29 is 23.1 Å². The molecule has 1 aromatic rings. The van der Waals surface area contributed by atoms with Crippen LogP contribution in [0.3, 0.4) is 0 Å². The van der Waals surface area contributed by atoms with Crippen LogP contribution >= 0.6 is 0 Å². The molecule has 0 aliphatic heterocycles. The average molecular weight is 276 g/mol. The zero-order valence-corrected chi connectivity index (χ0v) is 10.2. The van der Waals surface area contributed by atoms with Crippen LogP contribution in [0.4, 0.5) is 18.9 Å². The van der Waals surface area contributed by atoms with Gasteiger partial charge < -0.3 is 15.7 Å². The number of hydrogen-bond donors (Lipinski definition) is 3. The highest BCUT2D eigenvalue weighted by Crippen LogP contribution is 2.19. The van der Waals surface area contributed by atoms with Gasteiger partial charge in [0.25, 0.3) is 0 Å². The minimum atomic E-state index is -4.69. The lowest BCUT2D eigenvalue weighted by Crippen LogP contribution is -2.45. The Morgan fingerprint density at radius 2 is 1.89 bits per heavy atom. The lowest BCUT2D eigenvalue weighted by atomic mass is 10.2. The SMILES string of the molecule is CC(NCC(O)C(F)(F)F)C(=O)Nc1ccccc1. The molecule has 0 fully saturated rings. The molecule has 0 spiro atoms. The summed E-state index contributed by atoms with van der Waals surface area (Å²) in [6.45, 7) is 0.689. The van der Waals surface area contributed by atoms with Crippen molar-refractivity contribution in [1.82, 2.24) is 5.32 Å². The molecule has 0 saturated carbocycles. The largest absolute Gasteiger partial charge is 0.415 e. The molecular weight excluding hydrogens is 261 g/mol. The van der Waals surface area contributed by atoms with E-state index in [0.29, 0.717) is 5.69 Å². The Morgan fingerprint density at radius 3 is 2.42 bits per heavy atom. The number of para-hydroxylation sites is 1. The Labute approximate surface area is 108 Å². The summed E-state index contributed by atoms with van der Waals surface area (Å²) < 4.78 is 36.2. The van der Waals surface area contributed by atoms with Gasteiger partial charge in [0.05, 0.1) is 6.04 Å². The fourth-order valence-corrected chi connectivity index (χ4v) is 1.27. The quantitative estimate of drug-likeness (QED) is 0.764. The van der Waals surface area contributed by atoms with Crippen molar-refractivity contribution in [3.05, 3.63) is 30.3 Å². The molecule has 1 amide bonds. The van der Waals surface area contributed by atoms with E-state index in [1.165, 1.54) is 6.92 Å². The first kappa shape index (κ1) is 15.5. The summed E-state index contributed by atoms with van der Waals surface area (Å²) in [6, 6.07) is 7.70. The normalized spacial score (nSPS) is 14.8. The first-order chi connectivity index (χ1) is 8.80. The van der Waals surface area contributed by atoms with Crippen LogP contribution in [0.5, 0.6) is 0 Å². The third kappa shape index (κ3) is 5.27. The topological polar surface area (TPSA) is 61.4 Å². The van der Waals surface area contributed by atoms with Crippen molar-refractivity contribution in [3.63, 3.8) is 0 Å². The maximum absolute atomic E-state index is 12.1. The summed E-state index contributed by atoms with van der Waals surface area (Å²) in [5.74, 6) is -0.472. The highest BCUT2D eigenvalue weighted by Gasteiger charge is 2.38. The van der Waals surface area contributed by atoms with Crippen LogP contribution < -0.4 is 10.6 Å². The standard InChI is InChI=1S/C12H15F3N2O2/c1-8(16-7-10(18)12(13,14)15)11(19)17-9-5-3-2-4-6-9/h2-6,8,10,16,18H,7H2,1H3,(H,17,19). The van der Waals surface area contributed by atoms with E-state index >= 15 is 0 Å². The Bertz CT molecular complexity index is 409. The maximum Gasteiger partial charge on any atom is 0.415 e. The molecule has 0 aliphatic rings. The molecule has 0 saturated heterocycles. The molecule has 0 bridgehead atoms. The van der Waals surface area contributed by atoms with Gasteiger partial charge in [-0.1, -0.05) is 18.2 Å². The fourth-order valence-electron chi connectivity index (χ4n) is 1.27. The zero-order valence-electron chi connectivity index (χ0n) is 10.2. The van der Waals surface area contributed by atoms with Gasteiger partial charge in [0.15, 0.2) is 6.10 Å². The van der Waals surface area contributed by atoms with E-state index in [1.807, 2.05) is 0 Å². The molecule has 0 heterocycles. The molecule has 2 unspecified atom stereocenters. The van der Waals surface area contributed by atoms with Crippen LogP contribution in [0.2, 0.25) is 0 Å². The number of amides is 1. The predicted molar refractivity (Wildman–Crippen MR) is 64.6 cm³/mol. The highest BCUT2D eigenvalue weighted by atomic mass is 19.4. The van der Waals surface area contributed by atoms with Crippen molar-refractivity contribution in [2.75, 3.05) is 11.9 Å². The lowest BCUT2D eigenvalue weighted by Gasteiger charge is -2.18. The number of anilines is 1. The van der Waals surface area contributed by atoms with Crippen LogP contribution in [-0.4, -0.2) is 35.9 Å². The molecule has 1 rings (SSSR count). The van der Waals surface area contributed by atoms with Crippen molar-refractivity contribution in [1.29, 1.82) is 0 Å². The first-order valence-corrected chi connectivity index (χ1v) is 5.65. The Balaban J connectivity index is 2.41. The van der Waals surface area contributed by atoms with Crippen molar-refractivity contribution >= 4 is 11.6 Å². The van der Waals surface area contributed by atoms with Crippen molar-refractivity contribution in [3.8, 4) is 0 Å². The molecule has 2 atom stereocenters. The van der Waals surface area contributed by atoms with Gasteiger partial charge >= 0.3 is 6.18 Å². The van der Waals surface area contributed by atoms with Gasteiger partial charge in [0.2, 0.25) is 5.91 Å². The Hall–Kier alpha value is -1.60. The number of halogens is 3. The molecule has 1 aromatic carbocycles. The van der Waals surface area contributed by atoms with Gasteiger partial charge in [0, 0.05) is 12.2 Å². The summed E-state index contributed by atoms with van der Waals surface area (Å²) in [7, 11) is 0. The zero-order chi connectivity index (χ0) is 14.5. The number of carbonyl (C=O) groups is 1. The summed E-state index contributed by atoms with van der Waals surface area (Å²) in [5.41, 5.74) is 0.553. The summed E-state index contributed by atoms with van der Waals surface area (Å²) in [4.78, 5) is 11.6. The molecule has 7 heteroatoms. The molecule has 19 heavy (non-hydrogen) atoms. The second kappa shape index (κ2) is 6.53. The van der Waals surface area contributed by atoms with Crippen LogP contribution in [0.25, 0.3) is 0 Å².